The van der Waals surface area contributed by atoms with Gasteiger partial charge in [0.1, 0.15) is 23.5 Å². The summed E-state index contributed by atoms with van der Waals surface area (Å²) in [6.45, 7) is 1.87. The number of hydrogen-bond donors (Lipinski definition) is 1. The number of nitrogens with zero attached hydrogens (tertiary/aromatic N) is 7. The smallest absolute Gasteiger partial charge is 0.182 e. The molecule has 0 amide bonds. The number of fused-ring (bicyclic) bond motifs is 1. The molecular formula is C17H20N8. The van der Waals surface area contributed by atoms with E-state index in [2.05, 4.69) is 41.8 Å². The number of aromatic amines is 1. The zero-order valence-corrected chi connectivity index (χ0v) is 14.1. The molecule has 1 aliphatic heterocycles. The molecule has 5 rings (SSSR count). The van der Waals surface area contributed by atoms with E-state index in [1.807, 2.05) is 12.3 Å². The Morgan fingerprint density at radius 3 is 2.96 bits per heavy atom. The highest BCUT2D eigenvalue weighted by Crippen LogP contribution is 2.38. The molecule has 0 spiro atoms. The average Bonchev–Trinajstić information content (AvgIpc) is 3.19. The Hall–Kier alpha value is -2.77. The summed E-state index contributed by atoms with van der Waals surface area (Å²) < 4.78 is 0. The fourth-order valence-electron chi connectivity index (χ4n) is 3.53. The first-order chi connectivity index (χ1) is 12.3. The minimum Gasteiger partial charge on any atom is -0.355 e. The zero-order chi connectivity index (χ0) is 16.8. The average molecular weight is 336 g/mol. The molecule has 1 unspecified atom stereocenters. The van der Waals surface area contributed by atoms with Crippen molar-refractivity contribution in [1.29, 1.82) is 0 Å². The summed E-state index contributed by atoms with van der Waals surface area (Å²) in [5.74, 6) is 3.51. The van der Waals surface area contributed by atoms with Crippen LogP contribution in [0.3, 0.4) is 0 Å². The maximum atomic E-state index is 4.77. The van der Waals surface area contributed by atoms with Crippen LogP contribution in [0.1, 0.15) is 31.0 Å². The third-order valence-corrected chi connectivity index (χ3v) is 5.18. The maximum Gasteiger partial charge on any atom is 0.182 e. The molecule has 1 saturated carbocycles. The van der Waals surface area contributed by atoms with Crippen LogP contribution in [0, 0.1) is 0 Å². The molecule has 4 heterocycles. The highest BCUT2D eigenvalue weighted by Gasteiger charge is 2.30. The van der Waals surface area contributed by atoms with Crippen molar-refractivity contribution in [3.8, 4) is 0 Å². The Morgan fingerprint density at radius 2 is 2.08 bits per heavy atom. The Morgan fingerprint density at radius 1 is 1.16 bits per heavy atom. The topological polar surface area (TPSA) is 86.7 Å². The molecule has 0 aromatic carbocycles. The Bertz CT molecular complexity index is 902. The molecule has 1 saturated heterocycles. The van der Waals surface area contributed by atoms with Crippen LogP contribution in [0.15, 0.2) is 24.9 Å². The molecular weight excluding hydrogens is 316 g/mol. The highest BCUT2D eigenvalue weighted by molar-refractivity contribution is 5.82. The van der Waals surface area contributed by atoms with Crippen LogP contribution < -0.4 is 9.80 Å². The Kier molecular flexibility index (Phi) is 3.29. The lowest BCUT2D eigenvalue weighted by molar-refractivity contribution is 0.679. The van der Waals surface area contributed by atoms with E-state index in [4.69, 9.17) is 4.98 Å². The van der Waals surface area contributed by atoms with Crippen LogP contribution in [0.4, 0.5) is 11.6 Å². The van der Waals surface area contributed by atoms with E-state index in [0.29, 0.717) is 17.6 Å². The monoisotopic (exact) mass is 336 g/mol. The molecule has 1 aliphatic carbocycles. The van der Waals surface area contributed by atoms with E-state index in [0.717, 1.165) is 42.5 Å². The molecule has 8 heteroatoms. The molecule has 8 nitrogen and oxygen atoms in total. The number of hydrogen-bond acceptors (Lipinski definition) is 7. The normalized spacial score (nSPS) is 20.4. The number of nitrogens with one attached hydrogen (secondary N) is 1. The number of anilines is 2. The van der Waals surface area contributed by atoms with Gasteiger partial charge in [-0.25, -0.2) is 24.9 Å². The summed E-state index contributed by atoms with van der Waals surface area (Å²) in [5, 5.41) is 0. The first-order valence-electron chi connectivity index (χ1n) is 8.74. The molecule has 0 radical (unpaired) electrons. The van der Waals surface area contributed by atoms with Gasteiger partial charge in [-0.3, -0.25) is 0 Å². The van der Waals surface area contributed by atoms with Gasteiger partial charge in [-0.1, -0.05) is 0 Å². The van der Waals surface area contributed by atoms with Gasteiger partial charge in [-0.2, -0.15) is 0 Å². The van der Waals surface area contributed by atoms with Gasteiger partial charge in [0.05, 0.1) is 6.33 Å². The van der Waals surface area contributed by atoms with E-state index < -0.39 is 0 Å². The number of imidazole rings is 1. The van der Waals surface area contributed by atoms with Crippen molar-refractivity contribution in [3.63, 3.8) is 0 Å². The number of rotatable bonds is 4. The standard InChI is InChI=1S/C17H20N8/c1-24(13-4-6-18-15(23-13)11-2-3-11)12-5-7-25(8-12)17-14-16(20-9-19-14)21-10-22-17/h4,6,9-12H,2-3,5,7-8H2,1H3,(H,19,20,21,22). The number of H-pyrrole nitrogens is 1. The Labute approximate surface area is 145 Å². The summed E-state index contributed by atoms with van der Waals surface area (Å²) in [6, 6.07) is 2.40. The van der Waals surface area contributed by atoms with E-state index in [1.165, 1.54) is 12.8 Å². The summed E-state index contributed by atoms with van der Waals surface area (Å²) in [4.78, 5) is 29.8. The minimum absolute atomic E-state index is 0.398. The summed E-state index contributed by atoms with van der Waals surface area (Å²) in [5.41, 5.74) is 1.62. The summed E-state index contributed by atoms with van der Waals surface area (Å²) in [7, 11) is 2.12. The van der Waals surface area contributed by atoms with E-state index >= 15 is 0 Å². The van der Waals surface area contributed by atoms with Crippen molar-refractivity contribution >= 4 is 22.8 Å². The summed E-state index contributed by atoms with van der Waals surface area (Å²) in [6.07, 6.45) is 8.65. The lowest BCUT2D eigenvalue weighted by Gasteiger charge is -2.26. The van der Waals surface area contributed by atoms with E-state index in [1.54, 1.807) is 12.7 Å². The quantitative estimate of drug-likeness (QED) is 0.776. The molecule has 3 aromatic heterocycles. The number of aromatic nitrogens is 6. The van der Waals surface area contributed by atoms with Gasteiger partial charge in [0, 0.05) is 38.3 Å². The van der Waals surface area contributed by atoms with Crippen LogP contribution in [-0.2, 0) is 0 Å². The second kappa shape index (κ2) is 5.65. The molecule has 0 bridgehead atoms. The van der Waals surface area contributed by atoms with Crippen LogP contribution in [-0.4, -0.2) is 56.1 Å². The fourth-order valence-corrected chi connectivity index (χ4v) is 3.53. The van der Waals surface area contributed by atoms with E-state index in [9.17, 15) is 0 Å². The first-order valence-corrected chi connectivity index (χ1v) is 8.74. The molecule has 2 aliphatic rings. The molecule has 3 aromatic rings. The molecule has 128 valence electrons. The van der Waals surface area contributed by atoms with Gasteiger partial charge in [0.15, 0.2) is 11.5 Å². The van der Waals surface area contributed by atoms with Gasteiger partial charge >= 0.3 is 0 Å². The third kappa shape index (κ3) is 2.57. The van der Waals surface area contributed by atoms with Crippen LogP contribution in [0.2, 0.25) is 0 Å². The van der Waals surface area contributed by atoms with Crippen molar-refractivity contribution in [2.75, 3.05) is 29.9 Å². The maximum absolute atomic E-state index is 4.77. The zero-order valence-electron chi connectivity index (χ0n) is 14.1. The van der Waals surface area contributed by atoms with Gasteiger partial charge < -0.3 is 14.8 Å². The molecule has 1 atom stereocenters. The van der Waals surface area contributed by atoms with Crippen LogP contribution in [0.5, 0.6) is 0 Å². The molecule has 2 fully saturated rings. The third-order valence-electron chi connectivity index (χ3n) is 5.18. The van der Waals surface area contributed by atoms with Gasteiger partial charge in [0.25, 0.3) is 0 Å². The van der Waals surface area contributed by atoms with Crippen LogP contribution >= 0.6 is 0 Å². The predicted octanol–water partition coefficient (Wildman–Crippen LogP) is 1.74. The SMILES string of the molecule is CN(c1ccnc(C2CC2)n1)C1CCN(c2ncnc3nc[nH]c23)C1. The predicted molar refractivity (Wildman–Crippen MR) is 94.7 cm³/mol. The first kappa shape index (κ1) is 14.6. The fraction of sp³-hybridized carbons (Fsp3) is 0.471. The van der Waals surface area contributed by atoms with Crippen molar-refractivity contribution < 1.29 is 0 Å². The highest BCUT2D eigenvalue weighted by atomic mass is 15.3. The van der Waals surface area contributed by atoms with Crippen molar-refractivity contribution in [2.24, 2.45) is 0 Å². The lowest BCUT2D eigenvalue weighted by atomic mass is 10.2. The van der Waals surface area contributed by atoms with Crippen molar-refractivity contribution in [3.05, 3.63) is 30.7 Å². The second-order valence-electron chi connectivity index (χ2n) is 6.85. The van der Waals surface area contributed by atoms with Crippen LogP contribution in [0.25, 0.3) is 11.2 Å². The second-order valence-corrected chi connectivity index (χ2v) is 6.85. The van der Waals surface area contributed by atoms with Gasteiger partial charge in [-0.05, 0) is 25.3 Å². The van der Waals surface area contributed by atoms with Crippen molar-refractivity contribution in [2.45, 2.75) is 31.2 Å². The molecule has 1 N–H and O–H groups in total. The Balaban J connectivity index is 1.36. The largest absolute Gasteiger partial charge is 0.355 e. The van der Waals surface area contributed by atoms with Gasteiger partial charge in [0.2, 0.25) is 0 Å². The lowest BCUT2D eigenvalue weighted by Crippen LogP contribution is -2.35. The molecule has 25 heavy (non-hydrogen) atoms. The minimum atomic E-state index is 0.398. The van der Waals surface area contributed by atoms with E-state index in [-0.39, 0.29) is 0 Å². The number of likely N-dealkylation sites (N-methyl/N-ethyl adjacent to an activating group) is 1. The van der Waals surface area contributed by atoms with Crippen molar-refractivity contribution in [1.82, 2.24) is 29.9 Å². The van der Waals surface area contributed by atoms with Gasteiger partial charge in [-0.15, -0.1) is 0 Å². The summed E-state index contributed by atoms with van der Waals surface area (Å²) >= 11 is 0.